The van der Waals surface area contributed by atoms with Crippen LogP contribution in [0.4, 0.5) is 15.8 Å². The molecule has 0 aliphatic heterocycles. The van der Waals surface area contributed by atoms with Crippen LogP contribution in [0.5, 0.6) is 0 Å². The van der Waals surface area contributed by atoms with Crippen LogP contribution in [0.3, 0.4) is 0 Å². The Morgan fingerprint density at radius 2 is 2.03 bits per heavy atom. The van der Waals surface area contributed by atoms with Gasteiger partial charge in [0.05, 0.1) is 33.4 Å². The van der Waals surface area contributed by atoms with Crippen molar-refractivity contribution in [1.29, 1.82) is 0 Å². The monoisotopic (exact) mass is 407 g/mol. The van der Waals surface area contributed by atoms with E-state index in [1.807, 2.05) is 19.1 Å². The van der Waals surface area contributed by atoms with E-state index in [0.717, 1.165) is 0 Å². The quantitative estimate of drug-likeness (QED) is 0.361. The van der Waals surface area contributed by atoms with Crippen molar-refractivity contribution in [3.63, 3.8) is 0 Å². The van der Waals surface area contributed by atoms with Crippen LogP contribution in [0.1, 0.15) is 30.1 Å². The number of benzene rings is 1. The molecular weight excluding hydrogens is 389 g/mol. The standard InChI is InChI=1S/C21H18FN5O3/c1-11(17-6-4-5-7-23-17)25-21-15-8-16(22)14(20-12(2)26-30-13(20)3)9-18(15)24-10-19(21)27(28)29/h4-11H,1-3H3,(H,24,25)/t11-/m1/s1. The number of nitrogens with one attached hydrogen (secondary N) is 1. The number of hydrogen-bond donors (Lipinski definition) is 1. The van der Waals surface area contributed by atoms with E-state index in [2.05, 4.69) is 20.4 Å². The SMILES string of the molecule is Cc1noc(C)c1-c1cc2ncc([N+](=O)[O-])c(N[C@H](C)c3ccccn3)c2cc1F. The maximum absolute atomic E-state index is 15.1. The Hall–Kier alpha value is -3.88. The summed E-state index contributed by atoms with van der Waals surface area (Å²) in [4.78, 5) is 19.5. The van der Waals surface area contributed by atoms with E-state index < -0.39 is 10.7 Å². The molecular formula is C21H18FN5O3. The molecule has 30 heavy (non-hydrogen) atoms. The van der Waals surface area contributed by atoms with Crippen LogP contribution < -0.4 is 5.32 Å². The van der Waals surface area contributed by atoms with E-state index in [-0.39, 0.29) is 23.0 Å². The maximum atomic E-state index is 15.1. The highest BCUT2D eigenvalue weighted by Gasteiger charge is 2.23. The lowest BCUT2D eigenvalue weighted by Gasteiger charge is -2.17. The lowest BCUT2D eigenvalue weighted by molar-refractivity contribution is -0.384. The van der Waals surface area contributed by atoms with E-state index in [1.165, 1.54) is 12.3 Å². The molecule has 0 fully saturated rings. The summed E-state index contributed by atoms with van der Waals surface area (Å²) in [6.45, 7) is 5.25. The summed E-state index contributed by atoms with van der Waals surface area (Å²) >= 11 is 0. The number of pyridine rings is 2. The van der Waals surface area contributed by atoms with Gasteiger partial charge in [-0.25, -0.2) is 9.37 Å². The van der Waals surface area contributed by atoms with Gasteiger partial charge >= 0.3 is 5.69 Å². The zero-order valence-electron chi connectivity index (χ0n) is 16.5. The van der Waals surface area contributed by atoms with Gasteiger partial charge in [-0.3, -0.25) is 15.1 Å². The second-order valence-corrected chi connectivity index (χ2v) is 6.94. The van der Waals surface area contributed by atoms with Gasteiger partial charge in [-0.15, -0.1) is 0 Å². The maximum Gasteiger partial charge on any atom is 0.311 e. The summed E-state index contributed by atoms with van der Waals surface area (Å²) in [6.07, 6.45) is 2.81. The molecule has 0 unspecified atom stereocenters. The first-order chi connectivity index (χ1) is 14.4. The van der Waals surface area contributed by atoms with Gasteiger partial charge in [-0.05, 0) is 45.0 Å². The smallest absolute Gasteiger partial charge is 0.311 e. The molecule has 0 saturated carbocycles. The van der Waals surface area contributed by atoms with Crippen LogP contribution in [0.15, 0.2) is 47.2 Å². The van der Waals surface area contributed by atoms with Crippen LogP contribution >= 0.6 is 0 Å². The average molecular weight is 407 g/mol. The molecule has 4 aromatic rings. The number of hydrogen-bond acceptors (Lipinski definition) is 7. The first-order valence-electron chi connectivity index (χ1n) is 9.24. The van der Waals surface area contributed by atoms with Gasteiger partial charge in [0, 0.05) is 17.1 Å². The molecule has 152 valence electrons. The highest BCUT2D eigenvalue weighted by atomic mass is 19.1. The van der Waals surface area contributed by atoms with E-state index in [0.29, 0.717) is 33.6 Å². The lowest BCUT2D eigenvalue weighted by atomic mass is 10.0. The van der Waals surface area contributed by atoms with Crippen molar-refractivity contribution in [2.24, 2.45) is 0 Å². The van der Waals surface area contributed by atoms with Gasteiger partial charge in [0.1, 0.15) is 23.5 Å². The minimum Gasteiger partial charge on any atom is -0.371 e. The molecule has 3 heterocycles. The predicted octanol–water partition coefficient (Wildman–Crippen LogP) is 5.12. The average Bonchev–Trinajstić information content (AvgIpc) is 3.06. The zero-order chi connectivity index (χ0) is 21.4. The highest BCUT2D eigenvalue weighted by molar-refractivity contribution is 5.98. The van der Waals surface area contributed by atoms with E-state index >= 15 is 4.39 Å². The number of aromatic nitrogens is 3. The first-order valence-corrected chi connectivity index (χ1v) is 9.24. The number of nitro groups is 1. The van der Waals surface area contributed by atoms with Gasteiger partial charge in [-0.2, -0.15) is 0 Å². The van der Waals surface area contributed by atoms with Crippen LogP contribution in [0.2, 0.25) is 0 Å². The Kier molecular flexibility index (Phi) is 4.86. The predicted molar refractivity (Wildman–Crippen MR) is 110 cm³/mol. The Bertz CT molecular complexity index is 1240. The molecule has 1 N–H and O–H groups in total. The highest BCUT2D eigenvalue weighted by Crippen LogP contribution is 2.38. The summed E-state index contributed by atoms with van der Waals surface area (Å²) in [5.74, 6) is -0.0671. The molecule has 9 heteroatoms. The molecule has 1 atom stereocenters. The molecule has 3 aromatic heterocycles. The summed E-state index contributed by atoms with van der Waals surface area (Å²) in [7, 11) is 0. The normalized spacial score (nSPS) is 12.1. The topological polar surface area (TPSA) is 107 Å². The van der Waals surface area contributed by atoms with Crippen molar-refractivity contribution in [3.8, 4) is 11.1 Å². The number of nitrogens with zero attached hydrogens (tertiary/aromatic N) is 4. The molecule has 0 spiro atoms. The minimum atomic E-state index is -0.548. The van der Waals surface area contributed by atoms with Crippen LogP contribution in [0.25, 0.3) is 22.0 Å². The third-order valence-corrected chi connectivity index (χ3v) is 4.93. The molecule has 0 bridgehead atoms. The molecule has 0 radical (unpaired) electrons. The summed E-state index contributed by atoms with van der Waals surface area (Å²) < 4.78 is 20.3. The van der Waals surface area contributed by atoms with Crippen LogP contribution in [-0.4, -0.2) is 20.0 Å². The number of fused-ring (bicyclic) bond motifs is 1. The van der Waals surface area contributed by atoms with Crippen molar-refractivity contribution in [3.05, 3.63) is 75.8 Å². The molecule has 4 rings (SSSR count). The van der Waals surface area contributed by atoms with Crippen LogP contribution in [-0.2, 0) is 0 Å². The van der Waals surface area contributed by atoms with Gasteiger partial charge < -0.3 is 9.84 Å². The Labute approximate surface area is 170 Å². The third kappa shape index (κ3) is 3.34. The largest absolute Gasteiger partial charge is 0.371 e. The molecule has 0 saturated heterocycles. The second-order valence-electron chi connectivity index (χ2n) is 6.94. The van der Waals surface area contributed by atoms with Crippen molar-refractivity contribution >= 4 is 22.3 Å². The fraction of sp³-hybridized carbons (Fsp3) is 0.190. The lowest BCUT2D eigenvalue weighted by Crippen LogP contribution is -2.10. The van der Waals surface area contributed by atoms with Crippen LogP contribution in [0, 0.1) is 29.8 Å². The third-order valence-electron chi connectivity index (χ3n) is 4.93. The van der Waals surface area contributed by atoms with Crippen molar-refractivity contribution in [2.45, 2.75) is 26.8 Å². The number of halogens is 1. The van der Waals surface area contributed by atoms with Crippen molar-refractivity contribution in [1.82, 2.24) is 15.1 Å². The Balaban J connectivity index is 1.88. The summed E-state index contributed by atoms with van der Waals surface area (Å²) in [5.41, 5.74) is 2.43. The fourth-order valence-corrected chi connectivity index (χ4v) is 3.47. The fourth-order valence-electron chi connectivity index (χ4n) is 3.47. The molecule has 0 aliphatic carbocycles. The van der Waals surface area contributed by atoms with Crippen molar-refractivity contribution < 1.29 is 13.8 Å². The van der Waals surface area contributed by atoms with Gasteiger partial charge in [0.2, 0.25) is 0 Å². The Morgan fingerprint density at radius 3 is 2.67 bits per heavy atom. The molecule has 0 amide bonds. The second kappa shape index (κ2) is 7.51. The van der Waals surface area contributed by atoms with Gasteiger partial charge in [-0.1, -0.05) is 11.2 Å². The molecule has 0 aliphatic rings. The number of rotatable bonds is 5. The van der Waals surface area contributed by atoms with E-state index in [1.54, 1.807) is 32.2 Å². The molecule has 8 nitrogen and oxygen atoms in total. The molecule has 1 aromatic carbocycles. The van der Waals surface area contributed by atoms with Gasteiger partial charge in [0.25, 0.3) is 0 Å². The Morgan fingerprint density at radius 1 is 1.23 bits per heavy atom. The van der Waals surface area contributed by atoms with E-state index in [9.17, 15) is 10.1 Å². The summed E-state index contributed by atoms with van der Waals surface area (Å²) in [5, 5.41) is 18.9. The first kappa shape index (κ1) is 19.4. The van der Waals surface area contributed by atoms with Crippen molar-refractivity contribution in [2.75, 3.05) is 5.32 Å². The number of aryl methyl sites for hydroxylation is 2. The van der Waals surface area contributed by atoms with Gasteiger partial charge in [0.15, 0.2) is 0 Å². The van der Waals surface area contributed by atoms with E-state index in [4.69, 9.17) is 4.52 Å². The summed E-state index contributed by atoms with van der Waals surface area (Å²) in [6, 6.07) is 7.88. The number of anilines is 1. The minimum absolute atomic E-state index is 0.187. The zero-order valence-corrected chi connectivity index (χ0v) is 16.5.